The summed E-state index contributed by atoms with van der Waals surface area (Å²) < 4.78 is 0. The lowest BCUT2D eigenvalue weighted by Crippen LogP contribution is -2.05. The zero-order valence-electron chi connectivity index (χ0n) is 14.2. The molecule has 3 N–H and O–H groups in total. The Labute approximate surface area is 150 Å². The average molecular weight is 343 g/mol. The molecule has 0 saturated heterocycles. The first kappa shape index (κ1) is 15.8. The average Bonchev–Trinajstić information content (AvgIpc) is 3.07. The number of nitrogens with zero attached hydrogens (tertiary/aromatic N) is 2. The Hall–Kier alpha value is -3.67. The van der Waals surface area contributed by atoms with E-state index in [1.54, 1.807) is 6.20 Å². The molecule has 1 amide bonds. The van der Waals surface area contributed by atoms with Crippen LogP contribution in [0.1, 0.15) is 6.92 Å². The van der Waals surface area contributed by atoms with Crippen LogP contribution in [0, 0.1) is 0 Å². The minimum Gasteiger partial charge on any atom is -0.354 e. The van der Waals surface area contributed by atoms with Crippen LogP contribution in [0.2, 0.25) is 0 Å². The summed E-state index contributed by atoms with van der Waals surface area (Å²) in [7, 11) is 0. The lowest BCUT2D eigenvalue weighted by Gasteiger charge is -2.07. The van der Waals surface area contributed by atoms with Gasteiger partial charge in [-0.15, -0.1) is 0 Å². The summed E-state index contributed by atoms with van der Waals surface area (Å²) in [6.07, 6.45) is 5.42. The topological polar surface area (TPSA) is 82.7 Å². The molecular formula is C20H17N5O. The molecule has 0 bridgehead atoms. The number of benzene rings is 1. The van der Waals surface area contributed by atoms with Gasteiger partial charge in [-0.25, -0.2) is 4.98 Å². The lowest BCUT2D eigenvalue weighted by molar-refractivity contribution is -0.114. The third-order valence-corrected chi connectivity index (χ3v) is 3.95. The highest BCUT2D eigenvalue weighted by molar-refractivity contribution is 5.89. The zero-order valence-corrected chi connectivity index (χ0v) is 14.2. The molecule has 0 unspecified atom stereocenters. The first-order valence-corrected chi connectivity index (χ1v) is 8.21. The van der Waals surface area contributed by atoms with Gasteiger partial charge in [0.15, 0.2) is 0 Å². The second kappa shape index (κ2) is 6.68. The van der Waals surface area contributed by atoms with E-state index < -0.39 is 0 Å². The molecule has 6 nitrogen and oxygen atoms in total. The Morgan fingerprint density at radius 2 is 1.85 bits per heavy atom. The number of carbonyl (C=O) groups is 1. The van der Waals surface area contributed by atoms with E-state index in [9.17, 15) is 4.79 Å². The minimum absolute atomic E-state index is 0.0889. The van der Waals surface area contributed by atoms with Crippen molar-refractivity contribution in [1.82, 2.24) is 15.0 Å². The third kappa shape index (κ3) is 3.39. The van der Waals surface area contributed by atoms with Crippen LogP contribution in [-0.2, 0) is 4.79 Å². The molecule has 4 rings (SSSR count). The van der Waals surface area contributed by atoms with Crippen LogP contribution in [-0.4, -0.2) is 20.9 Å². The van der Waals surface area contributed by atoms with Gasteiger partial charge >= 0.3 is 0 Å². The van der Waals surface area contributed by atoms with E-state index >= 15 is 0 Å². The fourth-order valence-corrected chi connectivity index (χ4v) is 2.76. The van der Waals surface area contributed by atoms with Crippen molar-refractivity contribution in [2.24, 2.45) is 0 Å². The van der Waals surface area contributed by atoms with Crippen LogP contribution in [0.25, 0.3) is 22.2 Å². The van der Waals surface area contributed by atoms with Gasteiger partial charge in [0, 0.05) is 59.6 Å². The Balaban J connectivity index is 1.56. The van der Waals surface area contributed by atoms with Gasteiger partial charge in [-0.05, 0) is 42.5 Å². The number of H-pyrrole nitrogens is 1. The van der Waals surface area contributed by atoms with E-state index in [1.165, 1.54) is 6.92 Å². The molecule has 128 valence electrons. The third-order valence-electron chi connectivity index (χ3n) is 3.95. The maximum absolute atomic E-state index is 11.1. The molecule has 0 aliphatic rings. The van der Waals surface area contributed by atoms with Gasteiger partial charge in [0.1, 0.15) is 5.82 Å². The molecule has 26 heavy (non-hydrogen) atoms. The molecule has 0 atom stereocenters. The molecule has 6 heteroatoms. The van der Waals surface area contributed by atoms with Crippen molar-refractivity contribution in [2.45, 2.75) is 6.92 Å². The normalized spacial score (nSPS) is 10.7. The molecule has 3 heterocycles. The summed E-state index contributed by atoms with van der Waals surface area (Å²) in [5.74, 6) is 0.651. The van der Waals surface area contributed by atoms with E-state index in [1.807, 2.05) is 54.9 Å². The van der Waals surface area contributed by atoms with Gasteiger partial charge < -0.3 is 15.6 Å². The van der Waals surface area contributed by atoms with Gasteiger partial charge in [-0.3, -0.25) is 9.78 Å². The van der Waals surface area contributed by atoms with E-state index in [0.29, 0.717) is 0 Å². The number of pyridine rings is 2. The van der Waals surface area contributed by atoms with Gasteiger partial charge in [0.2, 0.25) is 5.91 Å². The van der Waals surface area contributed by atoms with Crippen molar-refractivity contribution in [3.63, 3.8) is 0 Å². The fourth-order valence-electron chi connectivity index (χ4n) is 2.76. The standard InChI is InChI=1S/C20H17N5O/c1-13(26)23-16-4-6-17(7-5-16)24-20-10-19-15(12-22-20)9-18(25-19)14-3-2-8-21-11-14/h2-12,25H,1H3,(H,22,24)(H,23,26). The first-order chi connectivity index (χ1) is 12.7. The lowest BCUT2D eigenvalue weighted by atomic mass is 10.2. The second-order valence-corrected chi connectivity index (χ2v) is 5.97. The number of rotatable bonds is 4. The van der Waals surface area contributed by atoms with Crippen molar-refractivity contribution in [3.8, 4) is 11.3 Å². The number of hydrogen-bond acceptors (Lipinski definition) is 4. The number of amides is 1. The van der Waals surface area contributed by atoms with E-state index in [2.05, 4.69) is 31.7 Å². The van der Waals surface area contributed by atoms with Crippen molar-refractivity contribution >= 4 is 34.0 Å². The number of anilines is 3. The van der Waals surface area contributed by atoms with Crippen LogP contribution in [0.5, 0.6) is 0 Å². The SMILES string of the molecule is CC(=O)Nc1ccc(Nc2cc3[nH]c(-c4cccnc4)cc3cn2)cc1. The molecule has 0 saturated carbocycles. The molecule has 0 radical (unpaired) electrons. The van der Waals surface area contributed by atoms with Crippen LogP contribution in [0.3, 0.4) is 0 Å². The molecule has 3 aromatic heterocycles. The second-order valence-electron chi connectivity index (χ2n) is 5.97. The quantitative estimate of drug-likeness (QED) is 0.515. The molecule has 0 aliphatic heterocycles. The molecule has 0 fully saturated rings. The maximum Gasteiger partial charge on any atom is 0.221 e. The highest BCUT2D eigenvalue weighted by atomic mass is 16.1. The predicted octanol–water partition coefficient (Wildman–Crippen LogP) is 4.33. The molecule has 4 aromatic rings. The number of carbonyl (C=O) groups excluding carboxylic acids is 1. The molecular weight excluding hydrogens is 326 g/mol. The van der Waals surface area contributed by atoms with Crippen molar-refractivity contribution < 1.29 is 4.79 Å². The Kier molecular flexibility index (Phi) is 4.07. The number of nitrogens with one attached hydrogen (secondary N) is 3. The Morgan fingerprint density at radius 3 is 2.58 bits per heavy atom. The largest absolute Gasteiger partial charge is 0.354 e. The summed E-state index contributed by atoms with van der Waals surface area (Å²) in [6, 6.07) is 15.4. The first-order valence-electron chi connectivity index (χ1n) is 8.21. The van der Waals surface area contributed by atoms with Crippen LogP contribution in [0.15, 0.2) is 67.1 Å². The smallest absolute Gasteiger partial charge is 0.221 e. The maximum atomic E-state index is 11.1. The van der Waals surface area contributed by atoms with Crippen molar-refractivity contribution in [1.29, 1.82) is 0 Å². The molecule has 0 aliphatic carbocycles. The summed E-state index contributed by atoms with van der Waals surface area (Å²) in [5.41, 5.74) is 4.69. The number of aromatic nitrogens is 3. The van der Waals surface area contributed by atoms with Crippen molar-refractivity contribution in [3.05, 3.63) is 67.1 Å². The molecule has 0 spiro atoms. The van der Waals surface area contributed by atoms with Crippen LogP contribution >= 0.6 is 0 Å². The highest BCUT2D eigenvalue weighted by Gasteiger charge is 2.06. The zero-order chi connectivity index (χ0) is 17.9. The van der Waals surface area contributed by atoms with Gasteiger partial charge in [-0.1, -0.05) is 0 Å². The minimum atomic E-state index is -0.0889. The van der Waals surface area contributed by atoms with E-state index in [4.69, 9.17) is 0 Å². The van der Waals surface area contributed by atoms with Gasteiger partial charge in [-0.2, -0.15) is 0 Å². The van der Waals surface area contributed by atoms with E-state index in [-0.39, 0.29) is 5.91 Å². The molecule has 1 aromatic carbocycles. The Bertz CT molecular complexity index is 1050. The van der Waals surface area contributed by atoms with Crippen LogP contribution < -0.4 is 10.6 Å². The number of aromatic amines is 1. The van der Waals surface area contributed by atoms with Gasteiger partial charge in [0.05, 0.1) is 5.52 Å². The summed E-state index contributed by atoms with van der Waals surface area (Å²) in [6.45, 7) is 1.49. The van der Waals surface area contributed by atoms with Crippen LogP contribution in [0.4, 0.5) is 17.2 Å². The van der Waals surface area contributed by atoms with Crippen molar-refractivity contribution in [2.75, 3.05) is 10.6 Å². The summed E-state index contributed by atoms with van der Waals surface area (Å²) >= 11 is 0. The highest BCUT2D eigenvalue weighted by Crippen LogP contribution is 2.25. The predicted molar refractivity (Wildman–Crippen MR) is 103 cm³/mol. The Morgan fingerprint density at radius 1 is 1.04 bits per heavy atom. The van der Waals surface area contributed by atoms with Gasteiger partial charge in [0.25, 0.3) is 0 Å². The number of fused-ring (bicyclic) bond motifs is 1. The van der Waals surface area contributed by atoms with E-state index in [0.717, 1.165) is 39.4 Å². The monoisotopic (exact) mass is 343 g/mol. The fraction of sp³-hybridized carbons (Fsp3) is 0.0500. The number of hydrogen-bond donors (Lipinski definition) is 3. The summed E-state index contributed by atoms with van der Waals surface area (Å²) in [4.78, 5) is 23.1. The summed E-state index contributed by atoms with van der Waals surface area (Å²) in [5, 5.41) is 7.05.